The molecule has 0 saturated heterocycles. The molecule has 0 aromatic heterocycles. The first kappa shape index (κ1) is 10.2. The van der Waals surface area contributed by atoms with Crippen LogP contribution in [0.3, 0.4) is 0 Å². The summed E-state index contributed by atoms with van der Waals surface area (Å²) in [5, 5.41) is 0. The van der Waals surface area contributed by atoms with E-state index in [0.717, 1.165) is 24.8 Å². The number of methoxy groups -OCH3 is 1. The number of carbonyl (C=O) groups excluding carboxylic acids is 1. The molecule has 0 unspecified atom stereocenters. The van der Waals surface area contributed by atoms with E-state index in [-0.39, 0.29) is 5.97 Å². The van der Waals surface area contributed by atoms with Crippen molar-refractivity contribution >= 4 is 5.97 Å². The second-order valence-electron chi connectivity index (χ2n) is 4.08. The Morgan fingerprint density at radius 2 is 2.00 bits per heavy atom. The SMILES string of the molecule is C=C1CC=C(C(=O)OC)C2=C1CCCC2. The fourth-order valence-electron chi connectivity index (χ4n) is 2.38. The normalized spacial score (nSPS) is 20.9. The summed E-state index contributed by atoms with van der Waals surface area (Å²) in [6.07, 6.45) is 7.20. The maximum Gasteiger partial charge on any atom is 0.337 e. The maximum absolute atomic E-state index is 11.6. The Kier molecular flexibility index (Phi) is 2.76. The molecule has 0 aliphatic heterocycles. The molecule has 0 bridgehead atoms. The monoisotopic (exact) mass is 204 g/mol. The average molecular weight is 204 g/mol. The lowest BCUT2D eigenvalue weighted by Crippen LogP contribution is -2.15. The molecule has 80 valence electrons. The zero-order valence-corrected chi connectivity index (χ0v) is 9.14. The minimum absolute atomic E-state index is 0.197. The first-order valence-electron chi connectivity index (χ1n) is 5.43. The van der Waals surface area contributed by atoms with Gasteiger partial charge in [-0.1, -0.05) is 12.7 Å². The quantitative estimate of drug-likeness (QED) is 0.614. The highest BCUT2D eigenvalue weighted by Crippen LogP contribution is 2.38. The van der Waals surface area contributed by atoms with Gasteiger partial charge in [0, 0.05) is 0 Å². The Labute approximate surface area is 90.3 Å². The van der Waals surface area contributed by atoms with Gasteiger partial charge >= 0.3 is 5.97 Å². The smallest absolute Gasteiger partial charge is 0.337 e. The second-order valence-corrected chi connectivity index (χ2v) is 4.08. The minimum Gasteiger partial charge on any atom is -0.465 e. The summed E-state index contributed by atoms with van der Waals surface area (Å²) in [5.41, 5.74) is 4.45. The maximum atomic E-state index is 11.6. The summed E-state index contributed by atoms with van der Waals surface area (Å²) in [6, 6.07) is 0. The standard InChI is InChI=1S/C13H16O2/c1-9-7-8-12(13(14)15-2)11-6-4-3-5-10(9)11/h8H,1,3-7H2,2H3. The van der Waals surface area contributed by atoms with Crippen LogP contribution in [0.2, 0.25) is 0 Å². The van der Waals surface area contributed by atoms with Crippen molar-refractivity contribution < 1.29 is 9.53 Å². The second kappa shape index (κ2) is 4.05. The highest BCUT2D eigenvalue weighted by atomic mass is 16.5. The highest BCUT2D eigenvalue weighted by Gasteiger charge is 2.25. The number of hydrogen-bond acceptors (Lipinski definition) is 2. The number of ether oxygens (including phenoxy) is 1. The summed E-state index contributed by atoms with van der Waals surface area (Å²) in [4.78, 5) is 11.6. The molecule has 2 heteroatoms. The van der Waals surface area contributed by atoms with Crippen LogP contribution >= 0.6 is 0 Å². The molecular formula is C13H16O2. The van der Waals surface area contributed by atoms with E-state index in [4.69, 9.17) is 4.74 Å². The Morgan fingerprint density at radius 3 is 2.67 bits per heavy atom. The van der Waals surface area contributed by atoms with Crippen LogP contribution in [0, 0.1) is 0 Å². The van der Waals surface area contributed by atoms with Gasteiger partial charge < -0.3 is 4.74 Å². The summed E-state index contributed by atoms with van der Waals surface area (Å²) >= 11 is 0. The van der Waals surface area contributed by atoms with Crippen LogP contribution < -0.4 is 0 Å². The van der Waals surface area contributed by atoms with E-state index in [9.17, 15) is 4.79 Å². The molecule has 0 fully saturated rings. The van der Waals surface area contributed by atoms with Gasteiger partial charge in [-0.15, -0.1) is 0 Å². The van der Waals surface area contributed by atoms with Crippen LogP contribution in [0.4, 0.5) is 0 Å². The van der Waals surface area contributed by atoms with Gasteiger partial charge in [-0.25, -0.2) is 4.79 Å². The first-order chi connectivity index (χ1) is 7.24. The Morgan fingerprint density at radius 1 is 1.33 bits per heavy atom. The predicted molar refractivity (Wildman–Crippen MR) is 59.4 cm³/mol. The largest absolute Gasteiger partial charge is 0.465 e. The third-order valence-electron chi connectivity index (χ3n) is 3.18. The molecule has 0 amide bonds. The predicted octanol–water partition coefficient (Wildman–Crippen LogP) is 2.92. The molecule has 0 radical (unpaired) electrons. The van der Waals surface area contributed by atoms with Gasteiger partial charge in [0.25, 0.3) is 0 Å². The van der Waals surface area contributed by atoms with E-state index < -0.39 is 0 Å². The van der Waals surface area contributed by atoms with Crippen LogP contribution in [-0.2, 0) is 9.53 Å². The molecule has 0 aromatic carbocycles. The van der Waals surface area contributed by atoms with E-state index >= 15 is 0 Å². The van der Waals surface area contributed by atoms with Crippen molar-refractivity contribution in [3.05, 3.63) is 34.9 Å². The number of esters is 1. The third kappa shape index (κ3) is 1.76. The van der Waals surface area contributed by atoms with Crippen molar-refractivity contribution in [1.29, 1.82) is 0 Å². The van der Waals surface area contributed by atoms with Gasteiger partial charge in [0.15, 0.2) is 0 Å². The molecule has 0 aromatic rings. The molecule has 2 aliphatic rings. The van der Waals surface area contributed by atoms with Crippen molar-refractivity contribution in [2.24, 2.45) is 0 Å². The van der Waals surface area contributed by atoms with E-state index in [1.165, 1.54) is 36.7 Å². The van der Waals surface area contributed by atoms with Crippen molar-refractivity contribution in [1.82, 2.24) is 0 Å². The van der Waals surface area contributed by atoms with Crippen LogP contribution in [-0.4, -0.2) is 13.1 Å². The number of carbonyl (C=O) groups is 1. The fourth-order valence-corrected chi connectivity index (χ4v) is 2.38. The summed E-state index contributed by atoms with van der Waals surface area (Å²) in [6.45, 7) is 4.06. The van der Waals surface area contributed by atoms with Crippen LogP contribution in [0.15, 0.2) is 34.9 Å². The summed E-state index contributed by atoms with van der Waals surface area (Å²) in [7, 11) is 1.44. The Balaban J connectivity index is 2.38. The summed E-state index contributed by atoms with van der Waals surface area (Å²) in [5.74, 6) is -0.197. The summed E-state index contributed by atoms with van der Waals surface area (Å²) < 4.78 is 4.80. The molecule has 2 aliphatic carbocycles. The van der Waals surface area contributed by atoms with Crippen molar-refractivity contribution in [2.45, 2.75) is 32.1 Å². The lowest BCUT2D eigenvalue weighted by atomic mass is 9.79. The topological polar surface area (TPSA) is 26.3 Å². The fraction of sp³-hybridized carbons (Fsp3) is 0.462. The molecule has 0 atom stereocenters. The van der Waals surface area contributed by atoms with Gasteiger partial charge in [0.05, 0.1) is 12.7 Å². The van der Waals surface area contributed by atoms with E-state index in [1.54, 1.807) is 0 Å². The molecule has 2 nitrogen and oxygen atoms in total. The molecule has 0 saturated carbocycles. The highest BCUT2D eigenvalue weighted by molar-refractivity contribution is 5.94. The molecule has 0 heterocycles. The van der Waals surface area contributed by atoms with Crippen LogP contribution in [0.5, 0.6) is 0 Å². The Bertz CT molecular complexity index is 372. The first-order valence-corrected chi connectivity index (χ1v) is 5.43. The van der Waals surface area contributed by atoms with Crippen molar-refractivity contribution in [3.63, 3.8) is 0 Å². The average Bonchev–Trinajstić information content (AvgIpc) is 2.29. The van der Waals surface area contributed by atoms with Gasteiger partial charge in [-0.2, -0.15) is 0 Å². The van der Waals surface area contributed by atoms with Gasteiger partial charge in [-0.05, 0) is 48.8 Å². The van der Waals surface area contributed by atoms with Gasteiger partial charge in [0.1, 0.15) is 0 Å². The molecular weight excluding hydrogens is 188 g/mol. The minimum atomic E-state index is -0.197. The van der Waals surface area contributed by atoms with Crippen molar-refractivity contribution in [2.75, 3.05) is 7.11 Å². The van der Waals surface area contributed by atoms with Crippen molar-refractivity contribution in [3.8, 4) is 0 Å². The molecule has 15 heavy (non-hydrogen) atoms. The molecule has 0 N–H and O–H groups in total. The molecule has 0 spiro atoms. The lowest BCUT2D eigenvalue weighted by Gasteiger charge is -2.26. The zero-order valence-electron chi connectivity index (χ0n) is 9.14. The van der Waals surface area contributed by atoms with E-state index in [1.807, 2.05) is 6.08 Å². The number of hydrogen-bond donors (Lipinski definition) is 0. The van der Waals surface area contributed by atoms with E-state index in [2.05, 4.69) is 6.58 Å². The van der Waals surface area contributed by atoms with Crippen LogP contribution in [0.25, 0.3) is 0 Å². The van der Waals surface area contributed by atoms with E-state index in [0.29, 0.717) is 0 Å². The third-order valence-corrected chi connectivity index (χ3v) is 3.18. The lowest BCUT2D eigenvalue weighted by molar-refractivity contribution is -0.135. The molecule has 2 rings (SSSR count). The zero-order chi connectivity index (χ0) is 10.8. The number of allylic oxidation sites excluding steroid dienone is 3. The van der Waals surface area contributed by atoms with Crippen LogP contribution in [0.1, 0.15) is 32.1 Å². The number of rotatable bonds is 1. The van der Waals surface area contributed by atoms with Gasteiger partial charge in [-0.3, -0.25) is 0 Å². The Hall–Kier alpha value is -1.31. The van der Waals surface area contributed by atoms with Gasteiger partial charge in [0.2, 0.25) is 0 Å².